The third kappa shape index (κ3) is 14.4. The third-order valence-electron chi connectivity index (χ3n) is 2.04. The van der Waals surface area contributed by atoms with E-state index in [9.17, 15) is 4.57 Å². The van der Waals surface area contributed by atoms with E-state index in [1.807, 2.05) is 0 Å². The van der Waals surface area contributed by atoms with Crippen molar-refractivity contribution >= 4 is 19.4 Å². The number of rotatable bonds is 10. The summed E-state index contributed by atoms with van der Waals surface area (Å²) < 4.78 is 14.6. The van der Waals surface area contributed by atoms with E-state index in [1.165, 1.54) is 12.8 Å². The minimum atomic E-state index is -4.25. The summed E-state index contributed by atoms with van der Waals surface area (Å²) in [5.41, 5.74) is 0. The Morgan fingerprint density at radius 3 is 1.87 bits per heavy atom. The highest BCUT2D eigenvalue weighted by Gasteiger charge is 2.12. The Labute approximate surface area is 96.2 Å². The molecule has 0 radical (unpaired) electrons. The molecule has 0 aliphatic rings. The molecule has 15 heavy (non-hydrogen) atoms. The molecule has 0 saturated heterocycles. The van der Waals surface area contributed by atoms with Crippen molar-refractivity contribution in [2.24, 2.45) is 0 Å². The van der Waals surface area contributed by atoms with Crippen LogP contribution in [-0.2, 0) is 9.09 Å². The van der Waals surface area contributed by atoms with Gasteiger partial charge in [0.15, 0.2) is 0 Å². The zero-order valence-electron chi connectivity index (χ0n) is 8.90. The van der Waals surface area contributed by atoms with Crippen molar-refractivity contribution in [3.63, 3.8) is 0 Å². The summed E-state index contributed by atoms with van der Waals surface area (Å²) >= 11 is 5.54. The van der Waals surface area contributed by atoms with Crippen molar-refractivity contribution in [2.45, 2.75) is 44.9 Å². The molecule has 6 heteroatoms. The van der Waals surface area contributed by atoms with Crippen molar-refractivity contribution in [3.05, 3.63) is 0 Å². The highest BCUT2D eigenvalue weighted by Crippen LogP contribution is 2.35. The van der Waals surface area contributed by atoms with E-state index in [0.29, 0.717) is 6.42 Å². The normalized spacial score (nSPS) is 11.9. The van der Waals surface area contributed by atoms with Crippen LogP contribution in [0.2, 0.25) is 0 Å². The number of hydrogen-bond acceptors (Lipinski definition) is 2. The van der Waals surface area contributed by atoms with Crippen molar-refractivity contribution in [1.29, 1.82) is 0 Å². The van der Waals surface area contributed by atoms with Crippen LogP contribution in [0.3, 0.4) is 0 Å². The number of phosphoric ester groups is 1. The van der Waals surface area contributed by atoms with Gasteiger partial charge in [0.2, 0.25) is 0 Å². The molecule has 0 saturated carbocycles. The lowest BCUT2D eigenvalue weighted by Crippen LogP contribution is -1.92. The van der Waals surface area contributed by atoms with Gasteiger partial charge in [0.25, 0.3) is 0 Å². The smallest absolute Gasteiger partial charge is 0.303 e. The van der Waals surface area contributed by atoms with Gasteiger partial charge in [0.05, 0.1) is 6.61 Å². The summed E-state index contributed by atoms with van der Waals surface area (Å²) in [4.78, 5) is 16.8. The van der Waals surface area contributed by atoms with Gasteiger partial charge in [-0.25, -0.2) is 4.57 Å². The molecule has 0 bridgehead atoms. The predicted molar refractivity (Wildman–Crippen MR) is 61.0 cm³/mol. The van der Waals surface area contributed by atoms with E-state index >= 15 is 0 Å². The fourth-order valence-electron chi connectivity index (χ4n) is 1.26. The lowest BCUT2D eigenvalue weighted by molar-refractivity contribution is 0.193. The van der Waals surface area contributed by atoms with Crippen LogP contribution in [0.1, 0.15) is 44.9 Å². The lowest BCUT2D eigenvalue weighted by atomic mass is 10.1. The molecule has 2 N–H and O–H groups in total. The Morgan fingerprint density at radius 2 is 1.40 bits per heavy atom. The molecule has 0 aliphatic carbocycles. The second kappa shape index (κ2) is 9.61. The molecule has 0 unspecified atom stereocenters. The number of phosphoric acid groups is 1. The molecule has 0 fully saturated rings. The monoisotopic (exact) mass is 258 g/mol. The van der Waals surface area contributed by atoms with Gasteiger partial charge in [0.1, 0.15) is 0 Å². The Hall–Kier alpha value is 0.400. The first kappa shape index (κ1) is 15.4. The molecule has 0 amide bonds. The van der Waals surface area contributed by atoms with Gasteiger partial charge in [-0.3, -0.25) is 4.52 Å². The van der Waals surface area contributed by atoms with E-state index < -0.39 is 7.82 Å². The maximum atomic E-state index is 10.3. The Morgan fingerprint density at radius 1 is 0.933 bits per heavy atom. The van der Waals surface area contributed by atoms with Crippen LogP contribution in [0, 0.1) is 0 Å². The molecule has 0 aromatic heterocycles. The Balaban J connectivity index is 3.02. The van der Waals surface area contributed by atoms with E-state index in [-0.39, 0.29) is 6.61 Å². The van der Waals surface area contributed by atoms with Crippen LogP contribution < -0.4 is 0 Å². The minimum absolute atomic E-state index is 0.145. The van der Waals surface area contributed by atoms with Gasteiger partial charge in [-0.05, 0) is 12.8 Å². The molecule has 0 spiro atoms. The molecular formula is C9H20ClO4P. The minimum Gasteiger partial charge on any atom is -0.303 e. The van der Waals surface area contributed by atoms with Crippen LogP contribution >= 0.6 is 19.4 Å². The molecule has 4 nitrogen and oxygen atoms in total. The van der Waals surface area contributed by atoms with Crippen molar-refractivity contribution in [1.82, 2.24) is 0 Å². The molecule has 0 atom stereocenters. The first-order chi connectivity index (χ1) is 7.06. The number of hydrogen-bond donors (Lipinski definition) is 2. The van der Waals surface area contributed by atoms with Crippen LogP contribution in [-0.4, -0.2) is 22.3 Å². The maximum absolute atomic E-state index is 10.3. The van der Waals surface area contributed by atoms with E-state index in [2.05, 4.69) is 4.52 Å². The fourth-order valence-corrected chi connectivity index (χ4v) is 1.82. The highest BCUT2D eigenvalue weighted by molar-refractivity contribution is 7.46. The molecular weight excluding hydrogens is 239 g/mol. The van der Waals surface area contributed by atoms with Crippen LogP contribution in [0.15, 0.2) is 0 Å². The summed E-state index contributed by atoms with van der Waals surface area (Å²) in [6.45, 7) is 0.145. The Bertz CT molecular complexity index is 183. The van der Waals surface area contributed by atoms with Crippen molar-refractivity contribution in [3.8, 4) is 0 Å². The molecule has 0 aromatic rings. The predicted octanol–water partition coefficient (Wildman–Crippen LogP) is 3.07. The number of alkyl halides is 1. The SMILES string of the molecule is O=P(O)(O)OCCCCCCCCCCl. The van der Waals surface area contributed by atoms with Crippen LogP contribution in [0.5, 0.6) is 0 Å². The van der Waals surface area contributed by atoms with Crippen molar-refractivity contribution in [2.75, 3.05) is 12.5 Å². The number of unbranched alkanes of at least 4 members (excludes halogenated alkanes) is 6. The lowest BCUT2D eigenvalue weighted by Gasteiger charge is -2.04. The summed E-state index contributed by atoms with van der Waals surface area (Å²) in [5, 5.41) is 0. The van der Waals surface area contributed by atoms with Crippen molar-refractivity contribution < 1.29 is 18.9 Å². The topological polar surface area (TPSA) is 66.8 Å². The average molecular weight is 259 g/mol. The third-order valence-corrected chi connectivity index (χ3v) is 2.82. The average Bonchev–Trinajstić information content (AvgIpc) is 2.14. The van der Waals surface area contributed by atoms with E-state index in [4.69, 9.17) is 21.4 Å². The van der Waals surface area contributed by atoms with E-state index in [0.717, 1.165) is 31.6 Å². The molecule has 0 aliphatic heterocycles. The second-order valence-electron chi connectivity index (χ2n) is 3.49. The van der Waals surface area contributed by atoms with Gasteiger partial charge in [-0.2, -0.15) is 0 Å². The second-order valence-corrected chi connectivity index (χ2v) is 5.10. The molecule has 92 valence electrons. The molecule has 0 heterocycles. The van der Waals surface area contributed by atoms with Gasteiger partial charge < -0.3 is 9.79 Å². The van der Waals surface area contributed by atoms with Gasteiger partial charge in [-0.15, -0.1) is 11.6 Å². The zero-order valence-corrected chi connectivity index (χ0v) is 10.6. The molecule has 0 aromatic carbocycles. The maximum Gasteiger partial charge on any atom is 0.469 e. The number of halogens is 1. The van der Waals surface area contributed by atoms with E-state index in [1.54, 1.807) is 0 Å². The summed E-state index contributed by atoms with van der Waals surface area (Å²) in [6.07, 6.45) is 7.35. The quantitative estimate of drug-likeness (QED) is 0.359. The van der Waals surface area contributed by atoms with Gasteiger partial charge in [0, 0.05) is 5.88 Å². The standard InChI is InChI=1S/C9H20ClO4P/c10-8-6-4-2-1-3-5-7-9-14-15(11,12)13/h1-9H2,(H2,11,12,13). The summed E-state index contributed by atoms with van der Waals surface area (Å²) in [7, 11) is -4.25. The van der Waals surface area contributed by atoms with Gasteiger partial charge in [-0.1, -0.05) is 32.1 Å². The first-order valence-electron chi connectivity index (χ1n) is 5.32. The largest absolute Gasteiger partial charge is 0.469 e. The zero-order chi connectivity index (χ0) is 11.6. The first-order valence-corrected chi connectivity index (χ1v) is 7.39. The van der Waals surface area contributed by atoms with Crippen LogP contribution in [0.25, 0.3) is 0 Å². The van der Waals surface area contributed by atoms with Gasteiger partial charge >= 0.3 is 7.82 Å². The highest BCUT2D eigenvalue weighted by atomic mass is 35.5. The summed E-state index contributed by atoms with van der Waals surface area (Å²) in [6, 6.07) is 0. The fraction of sp³-hybridized carbons (Fsp3) is 1.00. The van der Waals surface area contributed by atoms with Crippen LogP contribution in [0.4, 0.5) is 0 Å². The Kier molecular flexibility index (Phi) is 9.87. The molecule has 0 rings (SSSR count). The summed E-state index contributed by atoms with van der Waals surface area (Å²) in [5.74, 6) is 0.732.